The molecule has 1 aromatic heterocycles. The van der Waals surface area contributed by atoms with Gasteiger partial charge in [-0.15, -0.1) is 0 Å². The van der Waals surface area contributed by atoms with Crippen LogP contribution in [0.5, 0.6) is 0 Å². The second-order valence-corrected chi connectivity index (χ2v) is 8.71. The standard InChI is InChI=1S/C20H26N4O.2C2H2O4/c1-14-7-11-24(12-8-14)13-18(25)22-19-15-5-3-4-6-17(15)21-20-16(19)9-10-23(20)2;2*3-1(4)2(5)6/h3-6,14H,7-13H2,1-2H3,(H,21,22,25);2*(H,3,4)(H,5,6). The molecule has 0 unspecified atom stereocenters. The van der Waals surface area contributed by atoms with Gasteiger partial charge in [0.05, 0.1) is 17.7 Å². The van der Waals surface area contributed by atoms with Crippen molar-refractivity contribution in [2.45, 2.75) is 26.2 Å². The fraction of sp³-hybridized carbons (Fsp3) is 0.417. The number of hydrogen-bond donors (Lipinski definition) is 5. The Bertz CT molecular complexity index is 1130. The molecule has 2 aromatic rings. The van der Waals surface area contributed by atoms with Crippen molar-refractivity contribution in [2.75, 3.05) is 43.4 Å². The summed E-state index contributed by atoms with van der Waals surface area (Å²) < 4.78 is 0. The number of carboxylic acids is 4. The number of fused-ring (bicyclic) bond motifs is 2. The third-order valence-electron chi connectivity index (χ3n) is 5.90. The van der Waals surface area contributed by atoms with Crippen LogP contribution in [0.25, 0.3) is 10.9 Å². The van der Waals surface area contributed by atoms with Gasteiger partial charge >= 0.3 is 23.9 Å². The van der Waals surface area contributed by atoms with Crippen molar-refractivity contribution < 1.29 is 44.4 Å². The Labute approximate surface area is 212 Å². The van der Waals surface area contributed by atoms with Crippen molar-refractivity contribution >= 4 is 52.2 Å². The van der Waals surface area contributed by atoms with Gasteiger partial charge in [0.2, 0.25) is 5.91 Å². The number of aromatic nitrogens is 1. The van der Waals surface area contributed by atoms with Crippen LogP contribution in [0.1, 0.15) is 25.3 Å². The number of carbonyl (C=O) groups excluding carboxylic acids is 1. The first-order valence-corrected chi connectivity index (χ1v) is 11.5. The van der Waals surface area contributed by atoms with E-state index in [4.69, 9.17) is 44.6 Å². The number of hydrogen-bond acceptors (Lipinski definition) is 8. The maximum absolute atomic E-state index is 12.7. The number of carbonyl (C=O) groups is 5. The number of carboxylic acid groups (broad SMARTS) is 4. The molecule has 5 N–H and O–H groups in total. The Morgan fingerprint density at radius 3 is 2.00 bits per heavy atom. The summed E-state index contributed by atoms with van der Waals surface area (Å²) in [4.78, 5) is 58.3. The summed E-state index contributed by atoms with van der Waals surface area (Å²) in [6.45, 7) is 5.76. The van der Waals surface area contributed by atoms with E-state index in [0.29, 0.717) is 6.54 Å². The maximum Gasteiger partial charge on any atom is 0.414 e. The molecule has 1 fully saturated rings. The van der Waals surface area contributed by atoms with Crippen LogP contribution in [0.4, 0.5) is 11.5 Å². The van der Waals surface area contributed by atoms with Crippen molar-refractivity contribution in [3.05, 3.63) is 29.8 Å². The minimum atomic E-state index is -1.82. The molecule has 0 saturated carbocycles. The molecular weight excluding hydrogens is 488 g/mol. The molecule has 37 heavy (non-hydrogen) atoms. The largest absolute Gasteiger partial charge is 0.473 e. The molecule has 13 heteroatoms. The minimum Gasteiger partial charge on any atom is -0.473 e. The lowest BCUT2D eigenvalue weighted by Gasteiger charge is -2.29. The number of amides is 1. The zero-order valence-electron chi connectivity index (χ0n) is 20.5. The summed E-state index contributed by atoms with van der Waals surface area (Å²) in [5, 5.41) is 33.8. The molecule has 0 atom stereocenters. The highest BCUT2D eigenvalue weighted by Gasteiger charge is 2.25. The van der Waals surface area contributed by atoms with E-state index in [1.807, 2.05) is 18.2 Å². The van der Waals surface area contributed by atoms with Gasteiger partial charge in [0.15, 0.2) is 0 Å². The monoisotopic (exact) mass is 518 g/mol. The van der Waals surface area contributed by atoms with E-state index < -0.39 is 23.9 Å². The average Bonchev–Trinajstić information content (AvgIpc) is 3.21. The quantitative estimate of drug-likeness (QED) is 0.365. The van der Waals surface area contributed by atoms with Gasteiger partial charge in [0.25, 0.3) is 0 Å². The summed E-state index contributed by atoms with van der Waals surface area (Å²) in [7, 11) is 2.06. The topological polar surface area (TPSA) is 198 Å². The van der Waals surface area contributed by atoms with Gasteiger partial charge in [-0.2, -0.15) is 0 Å². The lowest BCUT2D eigenvalue weighted by atomic mass is 9.99. The number of nitrogens with one attached hydrogen (secondary N) is 1. The second kappa shape index (κ2) is 13.2. The van der Waals surface area contributed by atoms with Crippen LogP contribution in [0.3, 0.4) is 0 Å². The molecular formula is C24H30N4O9. The van der Waals surface area contributed by atoms with Crippen molar-refractivity contribution in [2.24, 2.45) is 5.92 Å². The Morgan fingerprint density at radius 1 is 0.919 bits per heavy atom. The highest BCUT2D eigenvalue weighted by molar-refractivity contribution is 6.27. The van der Waals surface area contributed by atoms with E-state index in [1.165, 1.54) is 18.4 Å². The van der Waals surface area contributed by atoms with Crippen LogP contribution in [-0.2, 0) is 30.4 Å². The first kappa shape index (κ1) is 29.0. The summed E-state index contributed by atoms with van der Waals surface area (Å²) in [6, 6.07) is 8.08. The Balaban J connectivity index is 0.000000336. The Kier molecular flexibility index (Phi) is 10.3. The molecule has 2 aliphatic rings. The van der Waals surface area contributed by atoms with E-state index in [1.54, 1.807) is 0 Å². The molecule has 0 bridgehead atoms. The molecule has 1 saturated heterocycles. The zero-order chi connectivity index (χ0) is 27.7. The highest BCUT2D eigenvalue weighted by atomic mass is 16.4. The van der Waals surface area contributed by atoms with Gasteiger partial charge in [-0.25, -0.2) is 24.2 Å². The van der Waals surface area contributed by atoms with Crippen molar-refractivity contribution in [1.29, 1.82) is 0 Å². The van der Waals surface area contributed by atoms with Crippen molar-refractivity contribution in [1.82, 2.24) is 9.88 Å². The third-order valence-corrected chi connectivity index (χ3v) is 5.90. The first-order chi connectivity index (χ1) is 17.4. The lowest BCUT2D eigenvalue weighted by Crippen LogP contribution is -2.38. The highest BCUT2D eigenvalue weighted by Crippen LogP contribution is 2.36. The normalized spacial score (nSPS) is 14.9. The van der Waals surface area contributed by atoms with Crippen LogP contribution >= 0.6 is 0 Å². The van der Waals surface area contributed by atoms with Crippen LogP contribution in [0.15, 0.2) is 24.3 Å². The molecule has 0 aliphatic carbocycles. The van der Waals surface area contributed by atoms with E-state index >= 15 is 0 Å². The lowest BCUT2D eigenvalue weighted by molar-refractivity contribution is -0.159. The molecule has 13 nitrogen and oxygen atoms in total. The van der Waals surface area contributed by atoms with Gasteiger partial charge in [0.1, 0.15) is 5.82 Å². The fourth-order valence-electron chi connectivity index (χ4n) is 3.92. The van der Waals surface area contributed by atoms with E-state index in [0.717, 1.165) is 54.4 Å². The number of anilines is 2. The van der Waals surface area contributed by atoms with E-state index in [2.05, 4.69) is 35.2 Å². The molecule has 3 heterocycles. The number of nitrogens with zero attached hydrogens (tertiary/aromatic N) is 3. The Morgan fingerprint density at radius 2 is 1.46 bits per heavy atom. The van der Waals surface area contributed by atoms with Gasteiger partial charge < -0.3 is 30.6 Å². The molecule has 0 radical (unpaired) electrons. The molecule has 200 valence electrons. The van der Waals surface area contributed by atoms with Crippen LogP contribution in [0.2, 0.25) is 0 Å². The SMILES string of the molecule is CC1CCN(CC(=O)Nc2c3c(nc4ccccc24)N(C)CC3)CC1.O=C(O)C(=O)O.O=C(O)C(=O)O. The number of rotatable bonds is 3. The summed E-state index contributed by atoms with van der Waals surface area (Å²) >= 11 is 0. The number of aliphatic carboxylic acids is 4. The maximum atomic E-state index is 12.7. The van der Waals surface area contributed by atoms with Gasteiger partial charge in [-0.05, 0) is 44.3 Å². The predicted molar refractivity (Wildman–Crippen MR) is 133 cm³/mol. The number of piperidine rings is 1. The number of para-hydroxylation sites is 1. The number of likely N-dealkylation sites (tertiary alicyclic amines) is 1. The van der Waals surface area contributed by atoms with E-state index in [9.17, 15) is 4.79 Å². The van der Waals surface area contributed by atoms with Crippen molar-refractivity contribution in [3.8, 4) is 0 Å². The molecule has 2 aliphatic heterocycles. The number of pyridine rings is 1. The molecule has 0 spiro atoms. The average molecular weight is 519 g/mol. The summed E-state index contributed by atoms with van der Waals surface area (Å²) in [5.74, 6) is -5.43. The van der Waals surface area contributed by atoms with Crippen molar-refractivity contribution in [3.63, 3.8) is 0 Å². The minimum absolute atomic E-state index is 0.0858. The molecule has 1 aromatic carbocycles. The fourth-order valence-corrected chi connectivity index (χ4v) is 3.92. The smallest absolute Gasteiger partial charge is 0.414 e. The summed E-state index contributed by atoms with van der Waals surface area (Å²) in [6.07, 6.45) is 3.30. The third kappa shape index (κ3) is 8.42. The summed E-state index contributed by atoms with van der Waals surface area (Å²) in [5.41, 5.74) is 3.07. The van der Waals surface area contributed by atoms with E-state index in [-0.39, 0.29) is 5.91 Å². The van der Waals surface area contributed by atoms with Gasteiger partial charge in [-0.3, -0.25) is 9.69 Å². The molecule has 4 rings (SSSR count). The van der Waals surface area contributed by atoms with Gasteiger partial charge in [0, 0.05) is 24.5 Å². The zero-order valence-corrected chi connectivity index (χ0v) is 20.5. The predicted octanol–water partition coefficient (Wildman–Crippen LogP) is 1.21. The number of likely N-dealkylation sites (N-methyl/N-ethyl adjacent to an activating group) is 1. The second-order valence-electron chi connectivity index (χ2n) is 8.71. The molecule has 1 amide bonds. The first-order valence-electron chi connectivity index (χ1n) is 11.5. The number of benzene rings is 1. The van der Waals surface area contributed by atoms with Crippen LogP contribution in [-0.4, -0.2) is 93.3 Å². The Hall–Kier alpha value is -4.26. The van der Waals surface area contributed by atoms with Gasteiger partial charge in [-0.1, -0.05) is 25.1 Å². The van der Waals surface area contributed by atoms with Crippen LogP contribution in [0, 0.1) is 5.92 Å². The van der Waals surface area contributed by atoms with Crippen LogP contribution < -0.4 is 10.2 Å².